The number of aliphatic carboxylic acids is 1. The highest BCUT2D eigenvalue weighted by Crippen LogP contribution is 2.31. The molecule has 0 radical (unpaired) electrons. The predicted octanol–water partition coefficient (Wildman–Crippen LogP) is -0.711. The number of aliphatic hydroxyl groups is 1. The van der Waals surface area contributed by atoms with E-state index in [1.807, 2.05) is 0 Å². The summed E-state index contributed by atoms with van der Waals surface area (Å²) in [7, 11) is 0. The highest BCUT2D eigenvalue weighted by Gasteiger charge is 2.31. The number of aromatic amines is 1. The first-order chi connectivity index (χ1) is 11.5. The summed E-state index contributed by atoms with van der Waals surface area (Å²) in [4.78, 5) is 41.4. The second kappa shape index (κ2) is 6.26. The van der Waals surface area contributed by atoms with Crippen LogP contribution in [-0.4, -0.2) is 38.6 Å². The first-order valence-electron chi connectivity index (χ1n) is 6.91. The number of carbonyl (C=O) groups excluding carboxylic acids is 1. The molecule has 0 fully saturated rings. The fraction of sp³-hybridized carbons (Fsp3) is 0.286. The maximum atomic E-state index is 12.3. The molecule has 10 heteroatoms. The molecule has 0 aromatic carbocycles. The zero-order chi connectivity index (χ0) is 17.3. The van der Waals surface area contributed by atoms with E-state index >= 15 is 0 Å². The minimum Gasteiger partial charge on any atom is -0.480 e. The van der Waals surface area contributed by atoms with Gasteiger partial charge in [0.2, 0.25) is 0 Å². The molecule has 0 saturated carbocycles. The van der Waals surface area contributed by atoms with Crippen LogP contribution < -0.4 is 10.9 Å². The molecule has 24 heavy (non-hydrogen) atoms. The lowest BCUT2D eigenvalue weighted by atomic mass is 9.95. The topological polar surface area (TPSA) is 155 Å². The fourth-order valence-corrected chi connectivity index (χ4v) is 2.53. The van der Waals surface area contributed by atoms with Crippen LogP contribution in [0.5, 0.6) is 0 Å². The molecule has 0 aliphatic carbocycles. The standard InChI is InChI=1S/C14H13N3O7/c18-9(19)2-16-13(21)11-10(12(20)8-1-15-5-24-8)6-3-23-4-7(6)17-14(11)22/h1,5,12,20H,2-4H2,(H,16,21)(H,17,22)(H,18,19). The van der Waals surface area contributed by atoms with Crippen molar-refractivity contribution in [3.63, 3.8) is 0 Å². The van der Waals surface area contributed by atoms with Gasteiger partial charge in [0.1, 0.15) is 18.2 Å². The summed E-state index contributed by atoms with van der Waals surface area (Å²) in [6, 6.07) is 0. The van der Waals surface area contributed by atoms with Gasteiger partial charge in [0.25, 0.3) is 11.5 Å². The molecule has 126 valence electrons. The van der Waals surface area contributed by atoms with E-state index in [1.54, 1.807) is 0 Å². The Labute approximate surface area is 134 Å². The molecule has 10 nitrogen and oxygen atoms in total. The minimum atomic E-state index is -1.42. The first kappa shape index (κ1) is 15.9. The number of pyridine rings is 1. The number of aliphatic hydroxyl groups excluding tert-OH is 1. The third kappa shape index (κ3) is 2.79. The number of fused-ring (bicyclic) bond motifs is 1. The van der Waals surface area contributed by atoms with Gasteiger partial charge in [0.05, 0.1) is 19.4 Å². The number of aromatic nitrogens is 2. The van der Waals surface area contributed by atoms with Crippen molar-refractivity contribution in [2.75, 3.05) is 6.54 Å². The van der Waals surface area contributed by atoms with Crippen LogP contribution in [0.15, 0.2) is 21.8 Å². The second-order valence-corrected chi connectivity index (χ2v) is 5.08. The molecular formula is C14H13N3O7. The van der Waals surface area contributed by atoms with Crippen molar-refractivity contribution in [1.29, 1.82) is 0 Å². The molecule has 1 amide bonds. The van der Waals surface area contributed by atoms with Gasteiger partial charge in [-0.25, -0.2) is 4.98 Å². The minimum absolute atomic E-state index is 0.0193. The van der Waals surface area contributed by atoms with Gasteiger partial charge in [0.15, 0.2) is 12.2 Å². The van der Waals surface area contributed by atoms with E-state index in [0.717, 1.165) is 6.39 Å². The number of oxazole rings is 1. The average molecular weight is 335 g/mol. The van der Waals surface area contributed by atoms with Crippen LogP contribution in [-0.2, 0) is 22.7 Å². The van der Waals surface area contributed by atoms with Crippen molar-refractivity contribution in [2.24, 2.45) is 0 Å². The summed E-state index contributed by atoms with van der Waals surface area (Å²) in [5, 5.41) is 21.3. The Morgan fingerprint density at radius 2 is 2.21 bits per heavy atom. The molecular weight excluding hydrogens is 322 g/mol. The van der Waals surface area contributed by atoms with Crippen molar-refractivity contribution in [3.8, 4) is 0 Å². The summed E-state index contributed by atoms with van der Waals surface area (Å²) in [5.74, 6) is -2.13. The number of carboxylic acid groups (broad SMARTS) is 1. The van der Waals surface area contributed by atoms with E-state index in [4.69, 9.17) is 14.3 Å². The monoisotopic (exact) mass is 335 g/mol. The van der Waals surface area contributed by atoms with E-state index in [2.05, 4.69) is 15.3 Å². The van der Waals surface area contributed by atoms with Crippen LogP contribution in [0.25, 0.3) is 0 Å². The molecule has 1 aliphatic rings. The average Bonchev–Trinajstić information content (AvgIpc) is 3.21. The molecule has 4 N–H and O–H groups in total. The van der Waals surface area contributed by atoms with Crippen molar-refractivity contribution in [3.05, 3.63) is 51.1 Å². The van der Waals surface area contributed by atoms with Crippen molar-refractivity contribution < 1.29 is 29.0 Å². The number of hydrogen-bond acceptors (Lipinski definition) is 7. The first-order valence-corrected chi connectivity index (χ1v) is 6.91. The zero-order valence-corrected chi connectivity index (χ0v) is 12.2. The number of amides is 1. The quantitative estimate of drug-likeness (QED) is 0.558. The molecule has 0 saturated heterocycles. The second-order valence-electron chi connectivity index (χ2n) is 5.08. The maximum absolute atomic E-state index is 12.3. The van der Waals surface area contributed by atoms with E-state index in [9.17, 15) is 19.5 Å². The lowest BCUT2D eigenvalue weighted by Gasteiger charge is -2.16. The number of ether oxygens (including phenoxy) is 1. The van der Waals surface area contributed by atoms with E-state index in [0.29, 0.717) is 11.3 Å². The summed E-state index contributed by atoms with van der Waals surface area (Å²) in [6.45, 7) is -0.437. The summed E-state index contributed by atoms with van der Waals surface area (Å²) >= 11 is 0. The van der Waals surface area contributed by atoms with Crippen molar-refractivity contribution >= 4 is 11.9 Å². The largest absolute Gasteiger partial charge is 0.480 e. The van der Waals surface area contributed by atoms with Gasteiger partial charge >= 0.3 is 5.97 Å². The SMILES string of the molecule is O=C(O)CNC(=O)c1c(C(O)c2cnco2)c2c([nH]c1=O)COC2. The molecule has 1 atom stereocenters. The molecule has 3 heterocycles. The van der Waals surface area contributed by atoms with E-state index in [-0.39, 0.29) is 30.1 Å². The lowest BCUT2D eigenvalue weighted by molar-refractivity contribution is -0.135. The van der Waals surface area contributed by atoms with Gasteiger partial charge in [0, 0.05) is 16.8 Å². The van der Waals surface area contributed by atoms with Crippen LogP contribution in [0.2, 0.25) is 0 Å². The van der Waals surface area contributed by atoms with Crippen LogP contribution in [0.3, 0.4) is 0 Å². The Morgan fingerprint density at radius 3 is 2.88 bits per heavy atom. The highest BCUT2D eigenvalue weighted by molar-refractivity contribution is 5.97. The molecule has 2 aromatic rings. The van der Waals surface area contributed by atoms with Crippen LogP contribution in [0.1, 0.15) is 39.0 Å². The van der Waals surface area contributed by atoms with Crippen LogP contribution in [0, 0.1) is 0 Å². The van der Waals surface area contributed by atoms with Gasteiger partial charge < -0.3 is 29.7 Å². The Hall–Kier alpha value is -2.98. The third-order valence-corrected chi connectivity index (χ3v) is 3.56. The van der Waals surface area contributed by atoms with E-state index in [1.165, 1.54) is 6.20 Å². The number of rotatable bonds is 5. The Balaban J connectivity index is 2.12. The van der Waals surface area contributed by atoms with E-state index < -0.39 is 30.1 Å². The smallest absolute Gasteiger partial charge is 0.322 e. The Kier molecular flexibility index (Phi) is 4.15. The highest BCUT2D eigenvalue weighted by atomic mass is 16.5. The fourth-order valence-electron chi connectivity index (χ4n) is 2.53. The number of nitrogens with zero attached hydrogens (tertiary/aromatic N) is 1. The number of carbonyl (C=O) groups is 2. The number of H-pyrrole nitrogens is 1. The molecule has 1 unspecified atom stereocenters. The molecule has 3 rings (SSSR count). The number of hydrogen-bond donors (Lipinski definition) is 4. The van der Waals surface area contributed by atoms with Crippen LogP contribution in [0.4, 0.5) is 0 Å². The molecule has 0 bridgehead atoms. The number of nitrogens with one attached hydrogen (secondary N) is 2. The van der Waals surface area contributed by atoms with Gasteiger partial charge in [-0.05, 0) is 0 Å². The van der Waals surface area contributed by atoms with Gasteiger partial charge in [-0.3, -0.25) is 14.4 Å². The van der Waals surface area contributed by atoms with Crippen LogP contribution >= 0.6 is 0 Å². The zero-order valence-electron chi connectivity index (χ0n) is 12.2. The predicted molar refractivity (Wildman–Crippen MR) is 76.1 cm³/mol. The Morgan fingerprint density at radius 1 is 1.42 bits per heavy atom. The molecule has 2 aromatic heterocycles. The lowest BCUT2D eigenvalue weighted by Crippen LogP contribution is -2.36. The third-order valence-electron chi connectivity index (χ3n) is 3.56. The Bertz CT molecular complexity index is 841. The maximum Gasteiger partial charge on any atom is 0.322 e. The molecule has 1 aliphatic heterocycles. The van der Waals surface area contributed by atoms with Gasteiger partial charge in [-0.2, -0.15) is 0 Å². The normalized spacial score (nSPS) is 14.2. The summed E-state index contributed by atoms with van der Waals surface area (Å²) in [6.07, 6.45) is 0.940. The summed E-state index contributed by atoms with van der Waals surface area (Å²) < 4.78 is 10.3. The van der Waals surface area contributed by atoms with Gasteiger partial charge in [-0.15, -0.1) is 0 Å². The molecule has 0 spiro atoms. The van der Waals surface area contributed by atoms with Gasteiger partial charge in [-0.1, -0.05) is 0 Å². The van der Waals surface area contributed by atoms with Crippen molar-refractivity contribution in [2.45, 2.75) is 19.3 Å². The number of carboxylic acids is 1. The van der Waals surface area contributed by atoms with Crippen molar-refractivity contribution in [1.82, 2.24) is 15.3 Å². The summed E-state index contributed by atoms with van der Waals surface area (Å²) in [5.41, 5.74) is -0.215.